The molecule has 2 unspecified atom stereocenters. The fourth-order valence-electron chi connectivity index (χ4n) is 1.62. The van der Waals surface area contributed by atoms with Crippen LogP contribution < -0.4 is 5.32 Å². The van der Waals surface area contributed by atoms with Crippen molar-refractivity contribution in [1.82, 2.24) is 5.32 Å². The highest BCUT2D eigenvalue weighted by Crippen LogP contribution is 2.16. The number of hydrogen-bond donors (Lipinski definition) is 1. The molecule has 1 aliphatic rings. The highest BCUT2D eigenvalue weighted by atomic mass is 19.1. The number of halogens is 1. The third-order valence-corrected chi connectivity index (χ3v) is 2.34. The summed E-state index contributed by atoms with van der Waals surface area (Å²) in [4.78, 5) is 0. The topological polar surface area (TPSA) is 12.0 Å². The molecule has 0 aromatic rings. The van der Waals surface area contributed by atoms with Gasteiger partial charge in [-0.25, -0.2) is 4.39 Å². The van der Waals surface area contributed by atoms with Crippen molar-refractivity contribution in [2.75, 3.05) is 6.54 Å². The van der Waals surface area contributed by atoms with Gasteiger partial charge in [-0.3, -0.25) is 0 Å². The van der Waals surface area contributed by atoms with Crippen LogP contribution in [0.25, 0.3) is 0 Å². The molecule has 1 heterocycles. The fourth-order valence-corrected chi connectivity index (χ4v) is 1.62. The van der Waals surface area contributed by atoms with E-state index in [1.165, 1.54) is 0 Å². The van der Waals surface area contributed by atoms with Crippen LogP contribution in [-0.2, 0) is 0 Å². The second-order valence-electron chi connectivity index (χ2n) is 3.32. The molecule has 0 aromatic heterocycles. The van der Waals surface area contributed by atoms with Crippen LogP contribution in [0.2, 0.25) is 0 Å². The molecule has 1 N–H and O–H groups in total. The van der Waals surface area contributed by atoms with Crippen LogP contribution in [0.4, 0.5) is 4.39 Å². The molecule has 0 spiro atoms. The Bertz CT molecular complexity index is 156. The molecule has 0 amide bonds. The lowest BCUT2D eigenvalue weighted by atomic mass is 10.1. The zero-order chi connectivity index (χ0) is 8.81. The molecule has 1 aliphatic heterocycles. The average Bonchev–Trinajstić information content (AvgIpc) is 2.56. The third-order valence-electron chi connectivity index (χ3n) is 2.34. The van der Waals surface area contributed by atoms with Crippen LogP contribution in [0.3, 0.4) is 0 Å². The predicted molar refractivity (Wildman–Crippen MR) is 48.6 cm³/mol. The van der Waals surface area contributed by atoms with E-state index in [2.05, 4.69) is 11.2 Å². The van der Waals surface area contributed by atoms with Crippen molar-refractivity contribution in [2.45, 2.75) is 44.3 Å². The molecule has 2 heteroatoms. The summed E-state index contributed by atoms with van der Waals surface area (Å²) in [6.45, 7) is 0.972. The third kappa shape index (κ3) is 2.83. The molecule has 0 radical (unpaired) electrons. The minimum atomic E-state index is -0.694. The second kappa shape index (κ2) is 5.16. The van der Waals surface area contributed by atoms with Gasteiger partial charge in [0.05, 0.1) is 0 Å². The van der Waals surface area contributed by atoms with Crippen molar-refractivity contribution in [1.29, 1.82) is 0 Å². The molecule has 1 fully saturated rings. The monoisotopic (exact) mass is 169 g/mol. The Kier molecular flexibility index (Phi) is 4.10. The molecule has 1 rings (SSSR count). The minimum absolute atomic E-state index is 0.0998. The zero-order valence-corrected chi connectivity index (χ0v) is 7.35. The summed E-state index contributed by atoms with van der Waals surface area (Å²) in [7, 11) is 0. The largest absolute Gasteiger partial charge is 0.311 e. The Balaban J connectivity index is 2.10. The van der Waals surface area contributed by atoms with E-state index in [0.717, 1.165) is 25.8 Å². The highest BCUT2D eigenvalue weighted by molar-refractivity contribution is 4.86. The van der Waals surface area contributed by atoms with E-state index >= 15 is 0 Å². The fraction of sp³-hybridized carbons (Fsp3) is 0.800. The first-order valence-electron chi connectivity index (χ1n) is 4.65. The number of hydrogen-bond acceptors (Lipinski definition) is 1. The number of unbranched alkanes of at least 4 members (excludes halogenated alkanes) is 1. The molecule has 0 aliphatic carbocycles. The van der Waals surface area contributed by atoms with E-state index in [1.54, 1.807) is 0 Å². The summed E-state index contributed by atoms with van der Waals surface area (Å²) in [5, 5.41) is 3.16. The van der Waals surface area contributed by atoms with Gasteiger partial charge in [0, 0.05) is 12.5 Å². The number of alkyl halides is 1. The predicted octanol–water partition coefficient (Wildman–Crippen LogP) is 1.88. The van der Waals surface area contributed by atoms with Crippen LogP contribution in [0.1, 0.15) is 32.1 Å². The van der Waals surface area contributed by atoms with Crippen molar-refractivity contribution in [3.05, 3.63) is 0 Å². The van der Waals surface area contributed by atoms with E-state index in [4.69, 9.17) is 6.42 Å². The van der Waals surface area contributed by atoms with Gasteiger partial charge in [-0.1, -0.05) is 0 Å². The maximum Gasteiger partial charge on any atom is 0.115 e. The molecule has 0 aromatic carbocycles. The summed E-state index contributed by atoms with van der Waals surface area (Å²) >= 11 is 0. The lowest BCUT2D eigenvalue weighted by Crippen LogP contribution is -2.31. The van der Waals surface area contributed by atoms with E-state index in [-0.39, 0.29) is 6.04 Å². The van der Waals surface area contributed by atoms with Gasteiger partial charge in [-0.05, 0) is 32.2 Å². The molecule has 68 valence electrons. The van der Waals surface area contributed by atoms with Gasteiger partial charge in [0.1, 0.15) is 6.17 Å². The Morgan fingerprint density at radius 2 is 2.50 bits per heavy atom. The van der Waals surface area contributed by atoms with Gasteiger partial charge in [0.2, 0.25) is 0 Å². The first-order chi connectivity index (χ1) is 5.84. The van der Waals surface area contributed by atoms with Gasteiger partial charge < -0.3 is 5.32 Å². The first kappa shape index (κ1) is 9.54. The average molecular weight is 169 g/mol. The van der Waals surface area contributed by atoms with Crippen LogP contribution in [0.5, 0.6) is 0 Å². The van der Waals surface area contributed by atoms with Gasteiger partial charge in [-0.15, -0.1) is 12.3 Å². The van der Waals surface area contributed by atoms with Crippen molar-refractivity contribution in [3.63, 3.8) is 0 Å². The normalized spacial score (nSPS) is 25.2. The van der Waals surface area contributed by atoms with Crippen LogP contribution in [-0.4, -0.2) is 18.8 Å². The summed E-state index contributed by atoms with van der Waals surface area (Å²) in [5.41, 5.74) is 0. The summed E-state index contributed by atoms with van der Waals surface area (Å²) in [6, 6.07) is 0.0998. The van der Waals surface area contributed by atoms with Crippen LogP contribution >= 0.6 is 0 Å². The lowest BCUT2D eigenvalue weighted by Gasteiger charge is -2.14. The summed E-state index contributed by atoms with van der Waals surface area (Å²) in [5.74, 6) is 2.53. The molecule has 2 atom stereocenters. The van der Waals surface area contributed by atoms with E-state index in [0.29, 0.717) is 12.8 Å². The van der Waals surface area contributed by atoms with Crippen LogP contribution in [0, 0.1) is 12.3 Å². The smallest absolute Gasteiger partial charge is 0.115 e. The van der Waals surface area contributed by atoms with Gasteiger partial charge in [-0.2, -0.15) is 0 Å². The number of terminal acetylenes is 1. The Morgan fingerprint density at radius 3 is 3.08 bits per heavy atom. The van der Waals surface area contributed by atoms with Gasteiger partial charge in [0.25, 0.3) is 0 Å². The zero-order valence-electron chi connectivity index (χ0n) is 7.35. The SMILES string of the molecule is C#CCCCC(F)C1CCCN1. The number of nitrogens with one attached hydrogen (secondary N) is 1. The van der Waals surface area contributed by atoms with Gasteiger partial charge >= 0.3 is 0 Å². The Morgan fingerprint density at radius 1 is 1.67 bits per heavy atom. The van der Waals surface area contributed by atoms with Crippen molar-refractivity contribution >= 4 is 0 Å². The quantitative estimate of drug-likeness (QED) is 0.500. The maximum atomic E-state index is 13.3. The molecule has 1 saturated heterocycles. The molecule has 12 heavy (non-hydrogen) atoms. The molecular formula is C10H16FN. The maximum absolute atomic E-state index is 13.3. The Labute approximate surface area is 73.7 Å². The van der Waals surface area contributed by atoms with Crippen molar-refractivity contribution < 1.29 is 4.39 Å². The Hall–Kier alpha value is -0.550. The second-order valence-corrected chi connectivity index (χ2v) is 3.32. The standard InChI is InChI=1S/C10H16FN/c1-2-3-4-6-9(11)10-7-5-8-12-10/h1,9-10,12H,3-8H2. The molecule has 1 nitrogen and oxygen atoms in total. The van der Waals surface area contributed by atoms with Crippen molar-refractivity contribution in [2.24, 2.45) is 0 Å². The first-order valence-corrected chi connectivity index (χ1v) is 4.65. The van der Waals surface area contributed by atoms with Gasteiger partial charge in [0.15, 0.2) is 0 Å². The molecule has 0 bridgehead atoms. The summed E-state index contributed by atoms with van der Waals surface area (Å²) in [6.07, 6.45) is 8.61. The van der Waals surface area contributed by atoms with E-state index in [9.17, 15) is 4.39 Å². The minimum Gasteiger partial charge on any atom is -0.311 e. The lowest BCUT2D eigenvalue weighted by molar-refractivity contribution is 0.246. The molecule has 0 saturated carbocycles. The highest BCUT2D eigenvalue weighted by Gasteiger charge is 2.23. The van der Waals surface area contributed by atoms with E-state index in [1.807, 2.05) is 0 Å². The van der Waals surface area contributed by atoms with Crippen LogP contribution in [0.15, 0.2) is 0 Å². The number of rotatable bonds is 4. The van der Waals surface area contributed by atoms with E-state index < -0.39 is 6.17 Å². The molecular weight excluding hydrogens is 153 g/mol. The summed E-state index contributed by atoms with van der Waals surface area (Å²) < 4.78 is 13.3. The van der Waals surface area contributed by atoms with Crippen molar-refractivity contribution in [3.8, 4) is 12.3 Å².